The van der Waals surface area contributed by atoms with Gasteiger partial charge in [0.1, 0.15) is 5.56 Å². The number of nitrogens with two attached hydrogens (primary N) is 1. The molecule has 5 heteroatoms. The highest BCUT2D eigenvalue weighted by atomic mass is 16.1. The van der Waals surface area contributed by atoms with Gasteiger partial charge in [-0.3, -0.25) is 4.79 Å². The van der Waals surface area contributed by atoms with Crippen molar-refractivity contribution in [3.8, 4) is 11.5 Å². The van der Waals surface area contributed by atoms with Crippen molar-refractivity contribution in [1.82, 2.24) is 14.3 Å². The number of carbonyl (C=O) groups is 1. The highest BCUT2D eigenvalue weighted by molar-refractivity contribution is 5.96. The molecule has 2 heterocycles. The molecule has 0 unspecified atom stereocenters. The van der Waals surface area contributed by atoms with Gasteiger partial charge in [-0.15, -0.1) is 0 Å². The van der Waals surface area contributed by atoms with Crippen LogP contribution in [0.5, 0.6) is 0 Å². The van der Waals surface area contributed by atoms with E-state index in [-0.39, 0.29) is 0 Å². The summed E-state index contributed by atoms with van der Waals surface area (Å²) in [5, 5.41) is 4.34. The van der Waals surface area contributed by atoms with E-state index in [1.54, 1.807) is 4.68 Å². The fourth-order valence-electron chi connectivity index (χ4n) is 2.49. The van der Waals surface area contributed by atoms with Crippen LogP contribution in [0.25, 0.3) is 11.5 Å². The molecular formula is C16H16N4O. The van der Waals surface area contributed by atoms with Gasteiger partial charge in [-0.25, -0.2) is 4.68 Å². The number of amides is 1. The monoisotopic (exact) mass is 280 g/mol. The van der Waals surface area contributed by atoms with Crippen LogP contribution in [-0.2, 0) is 0 Å². The van der Waals surface area contributed by atoms with Crippen molar-refractivity contribution in [2.75, 3.05) is 0 Å². The third-order valence-corrected chi connectivity index (χ3v) is 3.49. The van der Waals surface area contributed by atoms with Crippen LogP contribution >= 0.6 is 0 Å². The largest absolute Gasteiger partial charge is 0.365 e. The second-order valence-corrected chi connectivity index (χ2v) is 4.94. The third kappa shape index (κ3) is 2.12. The number of carbonyl (C=O) groups excluding carboxylic acids is 1. The highest BCUT2D eigenvalue weighted by Gasteiger charge is 2.20. The first-order chi connectivity index (χ1) is 10.1. The second kappa shape index (κ2) is 4.94. The number of para-hydroxylation sites is 1. The molecule has 3 rings (SSSR count). The molecule has 0 saturated carbocycles. The van der Waals surface area contributed by atoms with Gasteiger partial charge in [-0.1, -0.05) is 18.2 Å². The molecule has 21 heavy (non-hydrogen) atoms. The molecule has 0 bridgehead atoms. The van der Waals surface area contributed by atoms with Crippen LogP contribution in [0.3, 0.4) is 0 Å². The van der Waals surface area contributed by atoms with E-state index in [9.17, 15) is 4.79 Å². The lowest BCUT2D eigenvalue weighted by Crippen LogP contribution is -2.16. The Morgan fingerprint density at radius 3 is 2.24 bits per heavy atom. The van der Waals surface area contributed by atoms with E-state index >= 15 is 0 Å². The molecule has 0 spiro atoms. The van der Waals surface area contributed by atoms with E-state index in [1.165, 1.54) is 6.20 Å². The predicted octanol–water partition coefficient (Wildman–Crippen LogP) is 2.38. The van der Waals surface area contributed by atoms with E-state index in [1.807, 2.05) is 60.9 Å². The summed E-state index contributed by atoms with van der Waals surface area (Å²) >= 11 is 0. The van der Waals surface area contributed by atoms with Gasteiger partial charge in [0.05, 0.1) is 11.9 Å². The average Bonchev–Trinajstić information content (AvgIpc) is 3.03. The topological polar surface area (TPSA) is 65.8 Å². The molecule has 0 saturated heterocycles. The zero-order valence-corrected chi connectivity index (χ0v) is 11.9. The van der Waals surface area contributed by atoms with Crippen LogP contribution in [0, 0.1) is 13.8 Å². The van der Waals surface area contributed by atoms with Crippen LogP contribution in [0.1, 0.15) is 21.7 Å². The minimum atomic E-state index is -0.486. The number of primary amides is 1. The maximum Gasteiger partial charge on any atom is 0.254 e. The summed E-state index contributed by atoms with van der Waals surface area (Å²) in [7, 11) is 0. The molecular weight excluding hydrogens is 264 g/mol. The van der Waals surface area contributed by atoms with Crippen molar-refractivity contribution in [1.29, 1.82) is 0 Å². The quantitative estimate of drug-likeness (QED) is 0.800. The second-order valence-electron chi connectivity index (χ2n) is 4.94. The Bertz CT molecular complexity index is 780. The summed E-state index contributed by atoms with van der Waals surface area (Å²) in [6.45, 7) is 3.97. The van der Waals surface area contributed by atoms with Crippen molar-refractivity contribution in [2.45, 2.75) is 13.8 Å². The summed E-state index contributed by atoms with van der Waals surface area (Å²) < 4.78 is 3.72. The Morgan fingerprint density at radius 1 is 1.05 bits per heavy atom. The van der Waals surface area contributed by atoms with Gasteiger partial charge < -0.3 is 10.3 Å². The van der Waals surface area contributed by atoms with E-state index < -0.39 is 5.91 Å². The maximum atomic E-state index is 11.7. The van der Waals surface area contributed by atoms with Gasteiger partial charge >= 0.3 is 0 Å². The Hall–Kier alpha value is -2.82. The van der Waals surface area contributed by atoms with Gasteiger partial charge in [0.15, 0.2) is 5.82 Å². The number of hydrogen-bond acceptors (Lipinski definition) is 2. The number of nitrogens with zero attached hydrogens (tertiary/aromatic N) is 3. The number of aryl methyl sites for hydroxylation is 2. The van der Waals surface area contributed by atoms with Crippen molar-refractivity contribution in [3.63, 3.8) is 0 Å². The zero-order chi connectivity index (χ0) is 15.0. The SMILES string of the molecule is Cc1ccc(C)n1-c1c(C(N)=O)cnn1-c1ccccc1. The molecule has 2 N–H and O–H groups in total. The van der Waals surface area contributed by atoms with E-state index in [0.29, 0.717) is 11.4 Å². The Labute approximate surface area is 122 Å². The molecule has 0 aliphatic carbocycles. The van der Waals surface area contributed by atoms with Crippen molar-refractivity contribution in [2.24, 2.45) is 5.73 Å². The van der Waals surface area contributed by atoms with Gasteiger partial charge in [-0.05, 0) is 38.1 Å². The van der Waals surface area contributed by atoms with E-state index in [2.05, 4.69) is 5.10 Å². The summed E-state index contributed by atoms with van der Waals surface area (Å²) in [6, 6.07) is 13.7. The lowest BCUT2D eigenvalue weighted by Gasteiger charge is -2.13. The minimum absolute atomic E-state index is 0.404. The summed E-state index contributed by atoms with van der Waals surface area (Å²) in [5.41, 5.74) is 8.83. The lowest BCUT2D eigenvalue weighted by atomic mass is 10.2. The van der Waals surface area contributed by atoms with Crippen LogP contribution < -0.4 is 5.73 Å². The Morgan fingerprint density at radius 2 is 1.67 bits per heavy atom. The molecule has 2 aromatic heterocycles. The normalized spacial score (nSPS) is 10.8. The first kappa shape index (κ1) is 13.2. The van der Waals surface area contributed by atoms with Crippen LogP contribution in [-0.4, -0.2) is 20.3 Å². The first-order valence-electron chi connectivity index (χ1n) is 6.68. The smallest absolute Gasteiger partial charge is 0.254 e. The maximum absolute atomic E-state index is 11.7. The molecule has 106 valence electrons. The molecule has 5 nitrogen and oxygen atoms in total. The van der Waals surface area contributed by atoms with Crippen molar-refractivity contribution < 1.29 is 4.79 Å². The Kier molecular flexibility index (Phi) is 3.10. The summed E-state index contributed by atoms with van der Waals surface area (Å²) in [5.74, 6) is 0.188. The van der Waals surface area contributed by atoms with E-state index in [4.69, 9.17) is 5.73 Å². The molecule has 1 aromatic carbocycles. The molecule has 3 aromatic rings. The van der Waals surface area contributed by atoms with Crippen molar-refractivity contribution >= 4 is 5.91 Å². The van der Waals surface area contributed by atoms with Gasteiger partial charge in [-0.2, -0.15) is 5.10 Å². The molecule has 0 aliphatic rings. The summed E-state index contributed by atoms with van der Waals surface area (Å²) in [6.07, 6.45) is 1.52. The predicted molar refractivity (Wildman–Crippen MR) is 80.9 cm³/mol. The van der Waals surface area contributed by atoms with Crippen LogP contribution in [0.2, 0.25) is 0 Å². The number of aromatic nitrogens is 3. The number of rotatable bonds is 3. The van der Waals surface area contributed by atoms with Crippen LogP contribution in [0.15, 0.2) is 48.7 Å². The standard InChI is InChI=1S/C16H16N4O/c1-11-8-9-12(2)19(11)16-14(15(17)21)10-18-20(16)13-6-4-3-5-7-13/h3-10H,1-2H3,(H2,17,21). The van der Waals surface area contributed by atoms with E-state index in [0.717, 1.165) is 17.1 Å². The van der Waals surface area contributed by atoms with Gasteiger partial charge in [0, 0.05) is 11.4 Å². The average molecular weight is 280 g/mol. The molecule has 0 aliphatic heterocycles. The number of benzene rings is 1. The first-order valence-corrected chi connectivity index (χ1v) is 6.68. The van der Waals surface area contributed by atoms with Gasteiger partial charge in [0.25, 0.3) is 5.91 Å². The molecule has 1 amide bonds. The lowest BCUT2D eigenvalue weighted by molar-refractivity contribution is 0.100. The third-order valence-electron chi connectivity index (χ3n) is 3.49. The highest BCUT2D eigenvalue weighted by Crippen LogP contribution is 2.23. The fourth-order valence-corrected chi connectivity index (χ4v) is 2.49. The zero-order valence-electron chi connectivity index (χ0n) is 11.9. The fraction of sp³-hybridized carbons (Fsp3) is 0.125. The van der Waals surface area contributed by atoms with Crippen molar-refractivity contribution in [3.05, 3.63) is 65.6 Å². The minimum Gasteiger partial charge on any atom is -0.365 e. The summed E-state index contributed by atoms with van der Waals surface area (Å²) in [4.78, 5) is 11.7. The molecule has 0 fully saturated rings. The van der Waals surface area contributed by atoms with Crippen LogP contribution in [0.4, 0.5) is 0 Å². The van der Waals surface area contributed by atoms with Gasteiger partial charge in [0.2, 0.25) is 0 Å². The molecule has 0 atom stereocenters. The Balaban J connectivity index is 2.32. The molecule has 0 radical (unpaired) electrons. The number of hydrogen-bond donors (Lipinski definition) is 1.